The third-order valence-corrected chi connectivity index (χ3v) is 5.67. The van der Waals surface area contributed by atoms with Crippen LogP contribution >= 0.6 is 0 Å². The summed E-state index contributed by atoms with van der Waals surface area (Å²) < 4.78 is 31.8. The summed E-state index contributed by atoms with van der Waals surface area (Å²) in [6.07, 6.45) is 0. The van der Waals surface area contributed by atoms with Gasteiger partial charge in [-0.25, -0.2) is 8.42 Å². The van der Waals surface area contributed by atoms with Crippen LogP contribution in [0.5, 0.6) is 0 Å². The standard InChI is InChI=1S/C14H21N3O4S/c1-21-11-10-16-6-8-17(9-7-16)22(19,20)13-5-3-2-4-12(13)14(15)18/h2-5H,6-11H2,1H3,(H2,15,18). The zero-order valence-corrected chi connectivity index (χ0v) is 13.4. The van der Waals surface area contributed by atoms with Crippen LogP contribution in [0.4, 0.5) is 0 Å². The fraction of sp³-hybridized carbons (Fsp3) is 0.500. The van der Waals surface area contributed by atoms with E-state index in [4.69, 9.17) is 10.5 Å². The van der Waals surface area contributed by atoms with Gasteiger partial charge in [0.1, 0.15) is 0 Å². The van der Waals surface area contributed by atoms with Crippen molar-refractivity contribution in [1.82, 2.24) is 9.21 Å². The van der Waals surface area contributed by atoms with Crippen molar-refractivity contribution in [3.63, 3.8) is 0 Å². The first-order valence-electron chi connectivity index (χ1n) is 7.07. The lowest BCUT2D eigenvalue weighted by Crippen LogP contribution is -2.49. The number of carbonyl (C=O) groups is 1. The van der Waals surface area contributed by atoms with Crippen LogP contribution < -0.4 is 5.73 Å². The Hall–Kier alpha value is -1.48. The van der Waals surface area contributed by atoms with E-state index < -0.39 is 15.9 Å². The molecule has 2 rings (SSSR count). The highest BCUT2D eigenvalue weighted by molar-refractivity contribution is 7.89. The molecule has 1 heterocycles. The van der Waals surface area contributed by atoms with Crippen molar-refractivity contribution in [2.45, 2.75) is 4.90 Å². The van der Waals surface area contributed by atoms with Gasteiger partial charge in [0.2, 0.25) is 15.9 Å². The van der Waals surface area contributed by atoms with Crippen LogP contribution in [0.3, 0.4) is 0 Å². The number of ether oxygens (including phenoxy) is 1. The summed E-state index contributed by atoms with van der Waals surface area (Å²) in [4.78, 5) is 13.6. The molecule has 1 fully saturated rings. The molecule has 0 spiro atoms. The lowest BCUT2D eigenvalue weighted by Gasteiger charge is -2.34. The molecule has 122 valence electrons. The molecule has 0 radical (unpaired) electrons. The number of rotatable bonds is 6. The summed E-state index contributed by atoms with van der Waals surface area (Å²) >= 11 is 0. The normalized spacial score (nSPS) is 17.5. The summed E-state index contributed by atoms with van der Waals surface area (Å²) in [7, 11) is -2.07. The lowest BCUT2D eigenvalue weighted by atomic mass is 10.2. The van der Waals surface area contributed by atoms with Crippen molar-refractivity contribution in [3.8, 4) is 0 Å². The van der Waals surface area contributed by atoms with Gasteiger partial charge in [0, 0.05) is 39.8 Å². The Morgan fingerprint density at radius 2 is 1.86 bits per heavy atom. The fourth-order valence-corrected chi connectivity index (χ4v) is 4.07. The largest absolute Gasteiger partial charge is 0.383 e. The number of amides is 1. The number of nitrogens with two attached hydrogens (primary N) is 1. The average molecular weight is 327 g/mol. The summed E-state index contributed by atoms with van der Waals surface area (Å²) in [6, 6.07) is 6.05. The number of benzene rings is 1. The molecule has 0 bridgehead atoms. The van der Waals surface area contributed by atoms with Gasteiger partial charge < -0.3 is 10.5 Å². The van der Waals surface area contributed by atoms with Gasteiger partial charge in [0.05, 0.1) is 17.1 Å². The van der Waals surface area contributed by atoms with Crippen LogP contribution in [-0.2, 0) is 14.8 Å². The Bertz CT molecular complexity index is 625. The second-order valence-corrected chi connectivity index (χ2v) is 7.01. The van der Waals surface area contributed by atoms with Crippen LogP contribution in [0.2, 0.25) is 0 Å². The smallest absolute Gasteiger partial charge is 0.250 e. The fourth-order valence-electron chi connectivity index (χ4n) is 2.45. The van der Waals surface area contributed by atoms with Gasteiger partial charge in [-0.15, -0.1) is 0 Å². The molecule has 1 amide bonds. The van der Waals surface area contributed by atoms with Crippen molar-refractivity contribution < 1.29 is 17.9 Å². The maximum atomic E-state index is 12.7. The van der Waals surface area contributed by atoms with Crippen LogP contribution in [-0.4, -0.2) is 70.0 Å². The van der Waals surface area contributed by atoms with Gasteiger partial charge in [-0.3, -0.25) is 9.69 Å². The molecule has 0 unspecified atom stereocenters. The SMILES string of the molecule is COCCN1CCN(S(=O)(=O)c2ccccc2C(N)=O)CC1. The number of primary amides is 1. The van der Waals surface area contributed by atoms with E-state index >= 15 is 0 Å². The second-order valence-electron chi connectivity index (χ2n) is 5.10. The first-order valence-corrected chi connectivity index (χ1v) is 8.51. The molecule has 1 aromatic rings. The van der Waals surface area contributed by atoms with E-state index in [1.165, 1.54) is 16.4 Å². The van der Waals surface area contributed by atoms with E-state index in [0.717, 1.165) is 6.54 Å². The Kier molecular flexibility index (Phi) is 5.52. The van der Waals surface area contributed by atoms with Crippen molar-refractivity contribution in [3.05, 3.63) is 29.8 Å². The second kappa shape index (κ2) is 7.19. The molecule has 0 aromatic heterocycles. The zero-order valence-electron chi connectivity index (χ0n) is 12.6. The summed E-state index contributed by atoms with van der Waals surface area (Å²) in [5.74, 6) is -0.738. The van der Waals surface area contributed by atoms with E-state index in [0.29, 0.717) is 32.8 Å². The molecule has 0 saturated carbocycles. The van der Waals surface area contributed by atoms with Crippen LogP contribution in [0.15, 0.2) is 29.2 Å². The van der Waals surface area contributed by atoms with Crippen LogP contribution in [0, 0.1) is 0 Å². The predicted molar refractivity (Wildman–Crippen MR) is 82.0 cm³/mol. The minimum Gasteiger partial charge on any atom is -0.383 e. The number of hydrogen-bond acceptors (Lipinski definition) is 5. The van der Waals surface area contributed by atoms with E-state index in [1.807, 2.05) is 0 Å². The zero-order chi connectivity index (χ0) is 16.2. The highest BCUT2D eigenvalue weighted by Gasteiger charge is 2.30. The number of sulfonamides is 1. The number of piperazine rings is 1. The summed E-state index contributed by atoms with van der Waals surface area (Å²) in [6.45, 7) is 3.46. The number of nitrogens with zero attached hydrogens (tertiary/aromatic N) is 2. The maximum absolute atomic E-state index is 12.7. The molecule has 1 aliphatic rings. The molecule has 8 heteroatoms. The highest BCUT2D eigenvalue weighted by Crippen LogP contribution is 2.21. The summed E-state index contributed by atoms with van der Waals surface area (Å²) in [5.41, 5.74) is 5.31. The number of methoxy groups -OCH3 is 1. The van der Waals surface area contributed by atoms with Crippen LogP contribution in [0.25, 0.3) is 0 Å². The van der Waals surface area contributed by atoms with E-state index in [1.54, 1.807) is 19.2 Å². The van der Waals surface area contributed by atoms with Gasteiger partial charge in [0.15, 0.2) is 0 Å². The van der Waals surface area contributed by atoms with Crippen molar-refractivity contribution in [2.24, 2.45) is 5.73 Å². The van der Waals surface area contributed by atoms with E-state index in [9.17, 15) is 13.2 Å². The third-order valence-electron chi connectivity index (χ3n) is 3.71. The first kappa shape index (κ1) is 16.9. The molecule has 1 aromatic carbocycles. The topological polar surface area (TPSA) is 92.9 Å². The monoisotopic (exact) mass is 327 g/mol. The summed E-state index contributed by atoms with van der Waals surface area (Å²) in [5, 5.41) is 0. The molecule has 22 heavy (non-hydrogen) atoms. The molecule has 0 aliphatic carbocycles. The quantitative estimate of drug-likeness (QED) is 0.777. The van der Waals surface area contributed by atoms with Crippen molar-refractivity contribution in [1.29, 1.82) is 0 Å². The van der Waals surface area contributed by atoms with Gasteiger partial charge >= 0.3 is 0 Å². The first-order chi connectivity index (χ1) is 10.5. The van der Waals surface area contributed by atoms with Gasteiger partial charge in [-0.2, -0.15) is 4.31 Å². The Labute approximate surface area is 130 Å². The number of carbonyl (C=O) groups excluding carboxylic acids is 1. The Balaban J connectivity index is 2.14. The maximum Gasteiger partial charge on any atom is 0.250 e. The van der Waals surface area contributed by atoms with Crippen molar-refractivity contribution in [2.75, 3.05) is 46.4 Å². The van der Waals surface area contributed by atoms with Crippen LogP contribution in [0.1, 0.15) is 10.4 Å². The molecular weight excluding hydrogens is 306 g/mol. The minimum atomic E-state index is -3.71. The minimum absolute atomic E-state index is 0.0205. The predicted octanol–water partition coefficient (Wildman–Crippen LogP) is -0.262. The Morgan fingerprint density at radius 3 is 2.45 bits per heavy atom. The molecule has 2 N–H and O–H groups in total. The third kappa shape index (κ3) is 3.64. The van der Waals surface area contributed by atoms with Crippen molar-refractivity contribution >= 4 is 15.9 Å². The average Bonchev–Trinajstić information content (AvgIpc) is 2.53. The highest BCUT2D eigenvalue weighted by atomic mass is 32.2. The Morgan fingerprint density at radius 1 is 1.23 bits per heavy atom. The molecule has 1 aliphatic heterocycles. The molecule has 0 atom stereocenters. The van der Waals surface area contributed by atoms with Gasteiger partial charge in [0.25, 0.3) is 0 Å². The molecule has 7 nitrogen and oxygen atoms in total. The van der Waals surface area contributed by atoms with E-state index in [-0.39, 0.29) is 10.5 Å². The van der Waals surface area contributed by atoms with Gasteiger partial charge in [-0.05, 0) is 12.1 Å². The number of hydrogen-bond donors (Lipinski definition) is 1. The molecular formula is C14H21N3O4S. The molecule has 1 saturated heterocycles. The lowest BCUT2D eigenvalue weighted by molar-refractivity contribution is 0.0996. The van der Waals surface area contributed by atoms with Gasteiger partial charge in [-0.1, -0.05) is 12.1 Å². The van der Waals surface area contributed by atoms with E-state index in [2.05, 4.69) is 4.90 Å².